The van der Waals surface area contributed by atoms with Crippen LogP contribution in [0.15, 0.2) is 36.4 Å². The van der Waals surface area contributed by atoms with Crippen LogP contribution < -0.4 is 9.62 Å². The minimum atomic E-state index is -3.70. The highest BCUT2D eigenvalue weighted by atomic mass is 35.5. The summed E-state index contributed by atoms with van der Waals surface area (Å²) in [6, 6.07) is 9.93. The standard InChI is InChI=1S/C22H29ClN2O3S/c1-7-21(22(26)24-17(5)19-11-8-14(2)12-16(19)4)25(29(6,27)28)18-10-9-15(3)20(23)13-18/h8-13,17,21H,7H2,1-6H3,(H,24,26)/t17-,21+/m0/s1. The molecule has 5 nitrogen and oxygen atoms in total. The molecule has 0 bridgehead atoms. The molecule has 0 radical (unpaired) electrons. The van der Waals surface area contributed by atoms with E-state index in [0.717, 1.165) is 32.8 Å². The number of amides is 1. The Morgan fingerprint density at radius 2 is 1.76 bits per heavy atom. The summed E-state index contributed by atoms with van der Waals surface area (Å²) < 4.78 is 26.3. The number of nitrogens with one attached hydrogen (secondary N) is 1. The maximum absolute atomic E-state index is 13.1. The van der Waals surface area contributed by atoms with Gasteiger partial charge in [0.15, 0.2) is 0 Å². The van der Waals surface area contributed by atoms with Crippen LogP contribution in [0.3, 0.4) is 0 Å². The Morgan fingerprint density at radius 3 is 2.28 bits per heavy atom. The van der Waals surface area contributed by atoms with Crippen molar-refractivity contribution in [2.24, 2.45) is 0 Å². The molecule has 0 fully saturated rings. The van der Waals surface area contributed by atoms with E-state index in [0.29, 0.717) is 17.1 Å². The average molecular weight is 437 g/mol. The number of carbonyl (C=O) groups excluding carboxylic acids is 1. The first-order valence-corrected chi connectivity index (χ1v) is 11.8. The van der Waals surface area contributed by atoms with Crippen LogP contribution in [0.2, 0.25) is 5.02 Å². The third-order valence-corrected chi connectivity index (χ3v) is 6.58. The first-order chi connectivity index (χ1) is 13.5. The Labute approximate surface area is 179 Å². The third kappa shape index (κ3) is 5.52. The van der Waals surface area contributed by atoms with Gasteiger partial charge in [0.1, 0.15) is 6.04 Å². The lowest BCUT2D eigenvalue weighted by atomic mass is 10.00. The van der Waals surface area contributed by atoms with E-state index in [4.69, 9.17) is 11.6 Å². The fourth-order valence-corrected chi connectivity index (χ4v) is 4.86. The van der Waals surface area contributed by atoms with E-state index in [2.05, 4.69) is 11.4 Å². The number of anilines is 1. The molecule has 0 saturated heterocycles. The number of aryl methyl sites for hydroxylation is 3. The summed E-state index contributed by atoms with van der Waals surface area (Å²) in [6.45, 7) is 9.55. The van der Waals surface area contributed by atoms with Crippen LogP contribution >= 0.6 is 11.6 Å². The van der Waals surface area contributed by atoms with Gasteiger partial charge in [-0.1, -0.05) is 48.4 Å². The molecule has 0 aliphatic heterocycles. The monoisotopic (exact) mass is 436 g/mol. The smallest absolute Gasteiger partial charge is 0.244 e. The van der Waals surface area contributed by atoms with Crippen LogP contribution in [0, 0.1) is 20.8 Å². The zero-order chi connectivity index (χ0) is 21.9. The number of rotatable bonds is 7. The molecule has 0 aliphatic carbocycles. The lowest BCUT2D eigenvalue weighted by Gasteiger charge is -2.31. The van der Waals surface area contributed by atoms with Crippen molar-refractivity contribution in [1.29, 1.82) is 0 Å². The second-order valence-corrected chi connectivity index (χ2v) is 9.77. The number of hydrogen-bond donors (Lipinski definition) is 1. The lowest BCUT2D eigenvalue weighted by Crippen LogP contribution is -2.49. The Morgan fingerprint density at radius 1 is 1.10 bits per heavy atom. The van der Waals surface area contributed by atoms with Crippen LogP contribution in [-0.4, -0.2) is 26.6 Å². The molecule has 0 aliphatic rings. The molecule has 0 saturated carbocycles. The molecular weight excluding hydrogens is 408 g/mol. The van der Waals surface area contributed by atoms with Gasteiger partial charge in [0.2, 0.25) is 15.9 Å². The minimum absolute atomic E-state index is 0.250. The molecule has 2 aromatic rings. The number of sulfonamides is 1. The van der Waals surface area contributed by atoms with E-state index in [1.807, 2.05) is 39.8 Å². The molecule has 0 unspecified atom stereocenters. The molecule has 0 spiro atoms. The lowest BCUT2D eigenvalue weighted by molar-refractivity contribution is -0.122. The van der Waals surface area contributed by atoms with E-state index in [-0.39, 0.29) is 11.9 Å². The van der Waals surface area contributed by atoms with Gasteiger partial charge in [-0.3, -0.25) is 9.10 Å². The van der Waals surface area contributed by atoms with Crippen molar-refractivity contribution in [3.05, 3.63) is 63.7 Å². The molecule has 158 valence electrons. The highest BCUT2D eigenvalue weighted by Gasteiger charge is 2.32. The van der Waals surface area contributed by atoms with Crippen molar-refractivity contribution in [1.82, 2.24) is 5.32 Å². The molecular formula is C22H29ClN2O3S. The van der Waals surface area contributed by atoms with Gasteiger partial charge in [-0.25, -0.2) is 8.42 Å². The zero-order valence-electron chi connectivity index (χ0n) is 17.8. The van der Waals surface area contributed by atoms with Crippen LogP contribution in [0.1, 0.15) is 48.6 Å². The fraction of sp³-hybridized carbons (Fsp3) is 0.409. The van der Waals surface area contributed by atoms with E-state index in [9.17, 15) is 13.2 Å². The zero-order valence-corrected chi connectivity index (χ0v) is 19.4. The number of halogens is 1. The minimum Gasteiger partial charge on any atom is -0.348 e. The Hall–Kier alpha value is -2.05. The molecule has 0 heterocycles. The highest BCUT2D eigenvalue weighted by molar-refractivity contribution is 7.92. The van der Waals surface area contributed by atoms with E-state index in [1.54, 1.807) is 25.1 Å². The van der Waals surface area contributed by atoms with Gasteiger partial charge in [-0.2, -0.15) is 0 Å². The Balaban J connectivity index is 2.36. The van der Waals surface area contributed by atoms with Gasteiger partial charge in [0, 0.05) is 5.02 Å². The van der Waals surface area contributed by atoms with Crippen LogP contribution in [0.25, 0.3) is 0 Å². The van der Waals surface area contributed by atoms with Gasteiger partial charge in [0.25, 0.3) is 0 Å². The molecule has 2 rings (SSSR count). The van der Waals surface area contributed by atoms with Gasteiger partial charge in [-0.15, -0.1) is 0 Å². The number of nitrogens with zero attached hydrogens (tertiary/aromatic N) is 1. The van der Waals surface area contributed by atoms with E-state index >= 15 is 0 Å². The molecule has 1 N–H and O–H groups in total. The van der Waals surface area contributed by atoms with Crippen molar-refractivity contribution >= 4 is 33.2 Å². The van der Waals surface area contributed by atoms with Crippen molar-refractivity contribution in [2.75, 3.05) is 10.6 Å². The van der Waals surface area contributed by atoms with Crippen LogP contribution in [0.4, 0.5) is 5.69 Å². The fourth-order valence-electron chi connectivity index (χ4n) is 3.48. The van der Waals surface area contributed by atoms with Crippen molar-refractivity contribution < 1.29 is 13.2 Å². The second-order valence-electron chi connectivity index (χ2n) is 7.51. The second kappa shape index (κ2) is 9.18. The summed E-state index contributed by atoms with van der Waals surface area (Å²) in [7, 11) is -3.70. The molecule has 7 heteroatoms. The van der Waals surface area contributed by atoms with E-state index in [1.165, 1.54) is 0 Å². The SMILES string of the molecule is CC[C@H](C(=O)N[C@@H](C)c1ccc(C)cc1C)N(c1ccc(C)c(Cl)c1)S(C)(=O)=O. The Bertz CT molecular complexity index is 1010. The third-order valence-electron chi connectivity index (χ3n) is 4.99. The largest absolute Gasteiger partial charge is 0.348 e. The molecule has 2 aromatic carbocycles. The van der Waals surface area contributed by atoms with Crippen molar-refractivity contribution in [3.8, 4) is 0 Å². The number of benzene rings is 2. The van der Waals surface area contributed by atoms with Crippen molar-refractivity contribution in [2.45, 2.75) is 53.1 Å². The maximum Gasteiger partial charge on any atom is 0.244 e. The molecule has 29 heavy (non-hydrogen) atoms. The molecule has 2 atom stereocenters. The highest BCUT2D eigenvalue weighted by Crippen LogP contribution is 2.28. The topological polar surface area (TPSA) is 66.5 Å². The summed E-state index contributed by atoms with van der Waals surface area (Å²) in [4.78, 5) is 13.1. The predicted molar refractivity (Wildman–Crippen MR) is 120 cm³/mol. The average Bonchev–Trinajstić information content (AvgIpc) is 2.60. The summed E-state index contributed by atoms with van der Waals surface area (Å²) >= 11 is 6.21. The number of hydrogen-bond acceptors (Lipinski definition) is 3. The van der Waals surface area contributed by atoms with Crippen LogP contribution in [0.5, 0.6) is 0 Å². The maximum atomic E-state index is 13.1. The quantitative estimate of drug-likeness (QED) is 0.684. The van der Waals surface area contributed by atoms with E-state index < -0.39 is 16.1 Å². The predicted octanol–water partition coefficient (Wildman–Crippen LogP) is 4.69. The van der Waals surface area contributed by atoms with Gasteiger partial charge in [0.05, 0.1) is 18.0 Å². The van der Waals surface area contributed by atoms with Crippen LogP contribution in [-0.2, 0) is 14.8 Å². The van der Waals surface area contributed by atoms with Gasteiger partial charge >= 0.3 is 0 Å². The molecule has 0 aromatic heterocycles. The number of carbonyl (C=O) groups is 1. The first-order valence-electron chi connectivity index (χ1n) is 9.58. The first kappa shape index (κ1) is 23.2. The Kier molecular flexibility index (Phi) is 7.35. The summed E-state index contributed by atoms with van der Waals surface area (Å²) in [5.41, 5.74) is 4.45. The summed E-state index contributed by atoms with van der Waals surface area (Å²) in [5.74, 6) is -0.345. The van der Waals surface area contributed by atoms with Gasteiger partial charge in [-0.05, 0) is 62.9 Å². The van der Waals surface area contributed by atoms with Crippen molar-refractivity contribution in [3.63, 3.8) is 0 Å². The van der Waals surface area contributed by atoms with Gasteiger partial charge < -0.3 is 5.32 Å². The normalized spacial score (nSPS) is 13.6. The summed E-state index contributed by atoms with van der Waals surface area (Å²) in [6.07, 6.45) is 1.42. The molecule has 1 amide bonds. The summed E-state index contributed by atoms with van der Waals surface area (Å²) in [5, 5.41) is 3.43.